The van der Waals surface area contributed by atoms with Crippen molar-refractivity contribution in [2.24, 2.45) is 0 Å². The van der Waals surface area contributed by atoms with Gasteiger partial charge in [0.15, 0.2) is 0 Å². The van der Waals surface area contributed by atoms with Crippen LogP contribution in [0.2, 0.25) is 0 Å². The Labute approximate surface area is 166 Å². The van der Waals surface area contributed by atoms with E-state index in [0.717, 1.165) is 29.2 Å². The van der Waals surface area contributed by atoms with Gasteiger partial charge < -0.3 is 9.30 Å². The minimum atomic E-state index is 0.598. The Morgan fingerprint density at radius 1 is 0.821 bits per heavy atom. The fourth-order valence-electron chi connectivity index (χ4n) is 3.84. The van der Waals surface area contributed by atoms with Crippen LogP contribution in [0, 0.1) is 27.7 Å². The van der Waals surface area contributed by atoms with E-state index >= 15 is 0 Å². The third-order valence-electron chi connectivity index (χ3n) is 5.06. The summed E-state index contributed by atoms with van der Waals surface area (Å²) in [4.78, 5) is 4.93. The van der Waals surface area contributed by atoms with Crippen molar-refractivity contribution in [1.29, 1.82) is 0 Å². The van der Waals surface area contributed by atoms with E-state index in [-0.39, 0.29) is 0 Å². The van der Waals surface area contributed by atoms with Gasteiger partial charge in [-0.25, -0.2) is 4.98 Å². The molecule has 4 rings (SSSR count). The van der Waals surface area contributed by atoms with Crippen molar-refractivity contribution < 1.29 is 4.74 Å². The summed E-state index contributed by atoms with van der Waals surface area (Å²) in [6.45, 7) is 9.82. The normalized spacial score (nSPS) is 11.1. The van der Waals surface area contributed by atoms with Crippen LogP contribution in [0.15, 0.2) is 60.7 Å². The van der Waals surface area contributed by atoms with Crippen LogP contribution in [-0.2, 0) is 6.54 Å². The van der Waals surface area contributed by atoms with Gasteiger partial charge in [-0.15, -0.1) is 0 Å². The lowest BCUT2D eigenvalue weighted by Gasteiger charge is -2.13. The molecule has 0 aliphatic carbocycles. The average Bonchev–Trinajstić information content (AvgIpc) is 2.99. The van der Waals surface area contributed by atoms with E-state index in [1.165, 1.54) is 27.8 Å². The number of benzene rings is 3. The van der Waals surface area contributed by atoms with Gasteiger partial charge in [0.25, 0.3) is 0 Å². The predicted octanol–water partition coefficient (Wildman–Crippen LogP) is 6.02. The van der Waals surface area contributed by atoms with E-state index in [9.17, 15) is 0 Å². The van der Waals surface area contributed by atoms with Crippen molar-refractivity contribution in [1.82, 2.24) is 9.55 Å². The lowest BCUT2D eigenvalue weighted by molar-refractivity contribution is 0.300. The van der Waals surface area contributed by atoms with Gasteiger partial charge in [-0.2, -0.15) is 0 Å². The molecule has 3 heteroatoms. The van der Waals surface area contributed by atoms with Crippen LogP contribution >= 0.6 is 0 Å². The molecule has 28 heavy (non-hydrogen) atoms. The number of nitrogens with zero attached hydrogens (tertiary/aromatic N) is 2. The number of para-hydroxylation sites is 2. The number of rotatable bonds is 5. The van der Waals surface area contributed by atoms with Crippen molar-refractivity contribution in [2.75, 3.05) is 6.61 Å². The maximum atomic E-state index is 6.08. The highest BCUT2D eigenvalue weighted by atomic mass is 16.5. The minimum Gasteiger partial charge on any atom is -0.492 e. The van der Waals surface area contributed by atoms with Gasteiger partial charge in [-0.05, 0) is 68.7 Å². The molecule has 0 aliphatic rings. The van der Waals surface area contributed by atoms with Gasteiger partial charge in [-0.3, -0.25) is 0 Å². The van der Waals surface area contributed by atoms with E-state index in [1.54, 1.807) is 0 Å². The average molecular weight is 370 g/mol. The molecular formula is C25H26N2O. The van der Waals surface area contributed by atoms with E-state index in [0.29, 0.717) is 6.61 Å². The van der Waals surface area contributed by atoms with Gasteiger partial charge in [0.05, 0.1) is 17.6 Å². The Morgan fingerprint density at radius 2 is 1.57 bits per heavy atom. The number of aryl methyl sites for hydroxylation is 4. The Balaban J connectivity index is 1.67. The maximum Gasteiger partial charge on any atom is 0.141 e. The van der Waals surface area contributed by atoms with Crippen LogP contribution in [0.5, 0.6) is 5.75 Å². The molecule has 4 aromatic rings. The lowest BCUT2D eigenvalue weighted by atomic mass is 10.1. The molecule has 3 nitrogen and oxygen atoms in total. The van der Waals surface area contributed by atoms with E-state index in [1.807, 2.05) is 6.07 Å². The van der Waals surface area contributed by atoms with E-state index in [4.69, 9.17) is 9.72 Å². The number of aromatic nitrogens is 2. The molecule has 0 atom stereocenters. The SMILES string of the molecule is Cc1cc(C)cc(OCCn2c(-c3ccc(C)cc3C)nc3ccccc32)c1. The van der Waals surface area contributed by atoms with Crippen molar-refractivity contribution in [2.45, 2.75) is 34.2 Å². The number of fused-ring (bicyclic) bond motifs is 1. The van der Waals surface area contributed by atoms with Gasteiger partial charge in [-0.1, -0.05) is 42.0 Å². The molecular weight excluding hydrogens is 344 g/mol. The summed E-state index contributed by atoms with van der Waals surface area (Å²) >= 11 is 0. The summed E-state index contributed by atoms with van der Waals surface area (Å²) < 4.78 is 8.35. The van der Waals surface area contributed by atoms with E-state index in [2.05, 4.69) is 86.9 Å². The van der Waals surface area contributed by atoms with E-state index < -0.39 is 0 Å². The molecule has 1 heterocycles. The zero-order valence-electron chi connectivity index (χ0n) is 17.0. The first-order chi connectivity index (χ1) is 13.5. The molecule has 0 bridgehead atoms. The van der Waals surface area contributed by atoms with Crippen LogP contribution in [0.1, 0.15) is 22.3 Å². The summed E-state index contributed by atoms with van der Waals surface area (Å²) in [5.41, 5.74) is 8.28. The molecule has 0 fully saturated rings. The topological polar surface area (TPSA) is 27.1 Å². The fourth-order valence-corrected chi connectivity index (χ4v) is 3.84. The van der Waals surface area contributed by atoms with Gasteiger partial charge in [0, 0.05) is 5.56 Å². The predicted molar refractivity (Wildman–Crippen MR) is 116 cm³/mol. The molecule has 0 N–H and O–H groups in total. The molecule has 0 saturated heterocycles. The largest absolute Gasteiger partial charge is 0.492 e. The zero-order valence-corrected chi connectivity index (χ0v) is 17.0. The number of ether oxygens (including phenoxy) is 1. The summed E-state index contributed by atoms with van der Waals surface area (Å²) in [5, 5.41) is 0. The van der Waals surface area contributed by atoms with Crippen LogP contribution in [-0.4, -0.2) is 16.2 Å². The first kappa shape index (κ1) is 18.3. The summed E-state index contributed by atoms with van der Waals surface area (Å²) in [7, 11) is 0. The quantitative estimate of drug-likeness (QED) is 0.430. The Morgan fingerprint density at radius 3 is 2.32 bits per heavy atom. The molecule has 3 aromatic carbocycles. The van der Waals surface area contributed by atoms with Crippen molar-refractivity contribution >= 4 is 11.0 Å². The van der Waals surface area contributed by atoms with Gasteiger partial charge in [0.2, 0.25) is 0 Å². The van der Waals surface area contributed by atoms with Crippen LogP contribution in [0.3, 0.4) is 0 Å². The number of imidazole rings is 1. The fraction of sp³-hybridized carbons (Fsp3) is 0.240. The highest BCUT2D eigenvalue weighted by Crippen LogP contribution is 2.28. The Bertz CT molecular complexity index is 1120. The molecule has 0 aliphatic heterocycles. The number of hydrogen-bond acceptors (Lipinski definition) is 2. The van der Waals surface area contributed by atoms with Gasteiger partial charge in [0.1, 0.15) is 18.2 Å². The smallest absolute Gasteiger partial charge is 0.141 e. The first-order valence-electron chi connectivity index (χ1n) is 9.75. The Hall–Kier alpha value is -3.07. The minimum absolute atomic E-state index is 0.598. The lowest BCUT2D eigenvalue weighted by Crippen LogP contribution is -2.10. The standard InChI is InChI=1S/C25H26N2O/c1-17-9-10-22(20(4)14-17)25-26-23-7-5-6-8-24(23)27(25)11-12-28-21-15-18(2)13-19(3)16-21/h5-10,13-16H,11-12H2,1-4H3. The molecule has 0 saturated carbocycles. The molecule has 142 valence electrons. The third kappa shape index (κ3) is 3.65. The summed E-state index contributed by atoms with van der Waals surface area (Å²) in [6, 6.07) is 21.2. The van der Waals surface area contributed by atoms with Crippen molar-refractivity contribution in [3.8, 4) is 17.1 Å². The maximum absolute atomic E-state index is 6.08. The van der Waals surface area contributed by atoms with Crippen molar-refractivity contribution in [3.05, 3.63) is 82.9 Å². The summed E-state index contributed by atoms with van der Waals surface area (Å²) in [5.74, 6) is 1.93. The van der Waals surface area contributed by atoms with Crippen LogP contribution in [0.4, 0.5) is 0 Å². The third-order valence-corrected chi connectivity index (χ3v) is 5.06. The van der Waals surface area contributed by atoms with Crippen molar-refractivity contribution in [3.63, 3.8) is 0 Å². The molecule has 0 radical (unpaired) electrons. The zero-order chi connectivity index (χ0) is 19.7. The second kappa shape index (κ2) is 7.51. The Kier molecular flexibility index (Phi) is 4.91. The molecule has 1 aromatic heterocycles. The van der Waals surface area contributed by atoms with Crippen LogP contribution < -0.4 is 4.74 Å². The summed E-state index contributed by atoms with van der Waals surface area (Å²) in [6.07, 6.45) is 0. The molecule has 0 spiro atoms. The second-order valence-corrected chi connectivity index (χ2v) is 7.57. The monoisotopic (exact) mass is 370 g/mol. The van der Waals surface area contributed by atoms with Gasteiger partial charge >= 0.3 is 0 Å². The van der Waals surface area contributed by atoms with Crippen LogP contribution in [0.25, 0.3) is 22.4 Å². The second-order valence-electron chi connectivity index (χ2n) is 7.57. The highest BCUT2D eigenvalue weighted by molar-refractivity contribution is 5.81. The molecule has 0 amide bonds. The first-order valence-corrected chi connectivity index (χ1v) is 9.75. The highest BCUT2D eigenvalue weighted by Gasteiger charge is 2.14. The molecule has 0 unspecified atom stereocenters. The number of hydrogen-bond donors (Lipinski definition) is 0.